The lowest BCUT2D eigenvalue weighted by Crippen LogP contribution is -2.44. The van der Waals surface area contributed by atoms with E-state index in [0.29, 0.717) is 16.1 Å². The normalized spacial score (nSPS) is 18.0. The summed E-state index contributed by atoms with van der Waals surface area (Å²) in [6.07, 6.45) is 0.220. The van der Waals surface area contributed by atoms with Gasteiger partial charge in [0.2, 0.25) is 5.91 Å². The van der Waals surface area contributed by atoms with E-state index in [0.717, 1.165) is 9.78 Å². The summed E-state index contributed by atoms with van der Waals surface area (Å²) in [6.45, 7) is 6.62. The molecule has 2 N–H and O–H groups in total. The second-order valence-electron chi connectivity index (χ2n) is 7.34. The standard InChI is InChI=1S/C22H24FN3O5S/c1-5-22(14-7-9-15(23)10-8-14)20(29)26(21(30)25-22)11-16(27)24-18-17(19(28)31-6-2)12(3)13(4)32-18/h7-10H,5-6,11H2,1-4H3,(H,24,27)(H,25,30). The molecule has 1 aromatic heterocycles. The summed E-state index contributed by atoms with van der Waals surface area (Å²) in [4.78, 5) is 52.4. The fourth-order valence-corrected chi connectivity index (χ4v) is 4.68. The quantitative estimate of drug-likeness (QED) is 0.485. The lowest BCUT2D eigenvalue weighted by atomic mass is 9.87. The number of halogens is 1. The first kappa shape index (κ1) is 23.4. The van der Waals surface area contributed by atoms with Gasteiger partial charge < -0.3 is 15.4 Å². The third-order valence-electron chi connectivity index (χ3n) is 5.46. The zero-order valence-electron chi connectivity index (χ0n) is 18.2. The molecule has 3 rings (SSSR count). The van der Waals surface area contributed by atoms with Gasteiger partial charge in [-0.25, -0.2) is 14.0 Å². The molecule has 1 aliphatic heterocycles. The summed E-state index contributed by atoms with van der Waals surface area (Å²) in [7, 11) is 0. The van der Waals surface area contributed by atoms with E-state index in [1.807, 2.05) is 6.92 Å². The molecule has 1 saturated heterocycles. The van der Waals surface area contributed by atoms with Gasteiger partial charge in [0.25, 0.3) is 5.91 Å². The van der Waals surface area contributed by atoms with Crippen molar-refractivity contribution in [3.8, 4) is 0 Å². The number of thiophene rings is 1. The SMILES string of the molecule is CCOC(=O)c1c(NC(=O)CN2C(=O)NC(CC)(c3ccc(F)cc3)C2=O)sc(C)c1C. The first-order chi connectivity index (χ1) is 15.1. The Morgan fingerprint density at radius 3 is 2.44 bits per heavy atom. The van der Waals surface area contributed by atoms with Crippen LogP contribution < -0.4 is 10.6 Å². The van der Waals surface area contributed by atoms with Crippen molar-refractivity contribution in [2.45, 2.75) is 39.7 Å². The van der Waals surface area contributed by atoms with Crippen LogP contribution in [-0.4, -0.2) is 41.9 Å². The summed E-state index contributed by atoms with van der Waals surface area (Å²) < 4.78 is 18.4. The topological polar surface area (TPSA) is 105 Å². The predicted octanol–water partition coefficient (Wildman–Crippen LogP) is 3.48. The van der Waals surface area contributed by atoms with Gasteiger partial charge >= 0.3 is 12.0 Å². The number of carbonyl (C=O) groups is 4. The highest BCUT2D eigenvalue weighted by Gasteiger charge is 2.51. The largest absolute Gasteiger partial charge is 0.462 e. The number of esters is 1. The molecule has 1 atom stereocenters. The molecule has 8 nitrogen and oxygen atoms in total. The van der Waals surface area contributed by atoms with Gasteiger partial charge in [-0.15, -0.1) is 11.3 Å². The maximum absolute atomic E-state index is 13.3. The molecule has 4 amide bonds. The zero-order valence-corrected chi connectivity index (χ0v) is 19.0. The number of nitrogens with one attached hydrogen (secondary N) is 2. The van der Waals surface area contributed by atoms with Crippen molar-refractivity contribution in [1.82, 2.24) is 10.2 Å². The second kappa shape index (κ2) is 9.07. The fraction of sp³-hybridized carbons (Fsp3) is 0.364. The Hall–Kier alpha value is -3.27. The van der Waals surface area contributed by atoms with Crippen LogP contribution in [0.4, 0.5) is 14.2 Å². The molecule has 0 spiro atoms. The van der Waals surface area contributed by atoms with Crippen LogP contribution in [0.25, 0.3) is 0 Å². The number of hydrogen-bond donors (Lipinski definition) is 2. The van der Waals surface area contributed by atoms with Crippen LogP contribution in [0.15, 0.2) is 24.3 Å². The van der Waals surface area contributed by atoms with Crippen molar-refractivity contribution < 1.29 is 28.3 Å². The average molecular weight is 462 g/mol. The van der Waals surface area contributed by atoms with E-state index in [2.05, 4.69) is 10.6 Å². The lowest BCUT2D eigenvalue weighted by Gasteiger charge is -2.25. The lowest BCUT2D eigenvalue weighted by molar-refractivity contribution is -0.134. The van der Waals surface area contributed by atoms with Crippen LogP contribution in [0, 0.1) is 19.7 Å². The number of ether oxygens (including phenoxy) is 1. The van der Waals surface area contributed by atoms with E-state index in [1.165, 1.54) is 35.6 Å². The molecule has 10 heteroatoms. The average Bonchev–Trinajstić information content (AvgIpc) is 3.16. The molecule has 32 heavy (non-hydrogen) atoms. The minimum absolute atomic E-state index is 0.186. The van der Waals surface area contributed by atoms with E-state index in [9.17, 15) is 23.6 Å². The van der Waals surface area contributed by atoms with Crippen molar-refractivity contribution >= 4 is 40.2 Å². The minimum Gasteiger partial charge on any atom is -0.462 e. The van der Waals surface area contributed by atoms with Crippen LogP contribution >= 0.6 is 11.3 Å². The number of hydrogen-bond acceptors (Lipinski definition) is 6. The Bertz CT molecular complexity index is 1080. The molecule has 0 saturated carbocycles. The molecule has 170 valence electrons. The summed E-state index contributed by atoms with van der Waals surface area (Å²) >= 11 is 1.21. The predicted molar refractivity (Wildman–Crippen MR) is 117 cm³/mol. The van der Waals surface area contributed by atoms with Crippen molar-refractivity contribution in [3.05, 3.63) is 51.7 Å². The van der Waals surface area contributed by atoms with Crippen molar-refractivity contribution in [3.63, 3.8) is 0 Å². The van der Waals surface area contributed by atoms with Crippen molar-refractivity contribution in [2.24, 2.45) is 0 Å². The summed E-state index contributed by atoms with van der Waals surface area (Å²) in [6, 6.07) is 4.56. The highest BCUT2D eigenvalue weighted by Crippen LogP contribution is 2.34. The van der Waals surface area contributed by atoms with E-state index in [-0.39, 0.29) is 18.6 Å². The number of nitrogens with zero attached hydrogens (tertiary/aromatic N) is 1. The molecule has 1 unspecified atom stereocenters. The molecule has 1 aromatic carbocycles. The summed E-state index contributed by atoms with van der Waals surface area (Å²) in [5, 5.41) is 5.57. The Morgan fingerprint density at radius 2 is 1.84 bits per heavy atom. The number of carbonyl (C=O) groups excluding carboxylic acids is 4. The molecule has 2 aromatic rings. The highest BCUT2D eigenvalue weighted by atomic mass is 32.1. The number of urea groups is 1. The maximum atomic E-state index is 13.3. The number of anilines is 1. The van der Waals surface area contributed by atoms with E-state index in [4.69, 9.17) is 4.74 Å². The first-order valence-electron chi connectivity index (χ1n) is 10.1. The summed E-state index contributed by atoms with van der Waals surface area (Å²) in [5.74, 6) is -2.25. The van der Waals surface area contributed by atoms with Gasteiger partial charge in [0, 0.05) is 4.88 Å². The van der Waals surface area contributed by atoms with Crippen LogP contribution in [0.2, 0.25) is 0 Å². The van der Waals surface area contributed by atoms with Gasteiger partial charge in [-0.05, 0) is 50.5 Å². The number of imide groups is 1. The maximum Gasteiger partial charge on any atom is 0.341 e. The molecule has 1 aliphatic rings. The number of aryl methyl sites for hydroxylation is 1. The third-order valence-corrected chi connectivity index (χ3v) is 6.59. The smallest absolute Gasteiger partial charge is 0.341 e. The number of rotatable bonds is 7. The minimum atomic E-state index is -1.38. The molecular weight excluding hydrogens is 437 g/mol. The fourth-order valence-electron chi connectivity index (χ4n) is 3.62. The van der Waals surface area contributed by atoms with Crippen molar-refractivity contribution in [2.75, 3.05) is 18.5 Å². The second-order valence-corrected chi connectivity index (χ2v) is 8.57. The van der Waals surface area contributed by atoms with Gasteiger partial charge in [0.1, 0.15) is 22.9 Å². The molecule has 0 aliphatic carbocycles. The molecule has 1 fully saturated rings. The Kier molecular flexibility index (Phi) is 6.63. The van der Waals surface area contributed by atoms with Gasteiger partial charge in [-0.1, -0.05) is 19.1 Å². The monoisotopic (exact) mass is 461 g/mol. The van der Waals surface area contributed by atoms with Crippen LogP contribution in [0.1, 0.15) is 46.6 Å². The van der Waals surface area contributed by atoms with Crippen molar-refractivity contribution in [1.29, 1.82) is 0 Å². The first-order valence-corrected chi connectivity index (χ1v) is 10.9. The van der Waals surface area contributed by atoms with Gasteiger partial charge in [0.15, 0.2) is 0 Å². The Labute approximate surface area is 188 Å². The van der Waals surface area contributed by atoms with E-state index < -0.39 is 41.7 Å². The number of benzene rings is 1. The number of amides is 4. The van der Waals surface area contributed by atoms with Crippen LogP contribution in [0.5, 0.6) is 0 Å². The third kappa shape index (κ3) is 4.10. The van der Waals surface area contributed by atoms with Crippen LogP contribution in [0.3, 0.4) is 0 Å². The molecular formula is C22H24FN3O5S. The van der Waals surface area contributed by atoms with Crippen LogP contribution in [-0.2, 0) is 19.9 Å². The van der Waals surface area contributed by atoms with Gasteiger partial charge in [0.05, 0.1) is 12.2 Å². The zero-order chi connectivity index (χ0) is 23.6. The Balaban J connectivity index is 1.81. The Morgan fingerprint density at radius 1 is 1.19 bits per heavy atom. The highest BCUT2D eigenvalue weighted by molar-refractivity contribution is 7.16. The van der Waals surface area contributed by atoms with E-state index >= 15 is 0 Å². The van der Waals surface area contributed by atoms with Gasteiger partial charge in [-0.2, -0.15) is 0 Å². The molecule has 0 bridgehead atoms. The molecule has 2 heterocycles. The van der Waals surface area contributed by atoms with Gasteiger partial charge in [-0.3, -0.25) is 14.5 Å². The summed E-state index contributed by atoms with van der Waals surface area (Å²) in [5.41, 5.74) is 0.00278. The molecule has 0 radical (unpaired) electrons. The van der Waals surface area contributed by atoms with E-state index in [1.54, 1.807) is 20.8 Å².